The molecule has 1 aromatic carbocycles. The molecule has 1 heterocycles. The van der Waals surface area contributed by atoms with E-state index < -0.39 is 11.7 Å². The first kappa shape index (κ1) is 14.6. The summed E-state index contributed by atoms with van der Waals surface area (Å²) in [4.78, 5) is 23.0. The number of nitrogens with zero attached hydrogens (tertiary/aromatic N) is 2. The van der Waals surface area contributed by atoms with Crippen molar-refractivity contribution in [2.24, 2.45) is 7.05 Å². The van der Waals surface area contributed by atoms with Crippen molar-refractivity contribution in [3.63, 3.8) is 0 Å². The molecule has 1 aromatic heterocycles. The molecule has 0 atom stereocenters. The quantitative estimate of drug-likeness (QED) is 0.793. The van der Waals surface area contributed by atoms with Crippen LogP contribution in [0.1, 0.15) is 33.3 Å². The van der Waals surface area contributed by atoms with Crippen molar-refractivity contribution in [1.29, 1.82) is 0 Å². The largest absolute Gasteiger partial charge is 0.507 e. The monoisotopic (exact) mass is 289 g/mol. The van der Waals surface area contributed by atoms with Gasteiger partial charge < -0.3 is 15.5 Å². The Morgan fingerprint density at radius 1 is 1.33 bits per heavy atom. The minimum Gasteiger partial charge on any atom is -0.507 e. The predicted molar refractivity (Wildman–Crippen MR) is 75.6 cm³/mol. The van der Waals surface area contributed by atoms with Crippen molar-refractivity contribution in [2.75, 3.05) is 5.32 Å². The van der Waals surface area contributed by atoms with E-state index in [1.165, 1.54) is 18.2 Å². The lowest BCUT2D eigenvalue weighted by molar-refractivity contribution is 0.0693. The van der Waals surface area contributed by atoms with E-state index >= 15 is 0 Å². The van der Waals surface area contributed by atoms with Crippen LogP contribution in [0.4, 0.5) is 5.69 Å². The molecule has 2 rings (SSSR count). The lowest BCUT2D eigenvalue weighted by Crippen LogP contribution is -2.13. The summed E-state index contributed by atoms with van der Waals surface area (Å²) in [6, 6.07) is 3.85. The van der Waals surface area contributed by atoms with Crippen LogP contribution in [0, 0.1) is 0 Å². The van der Waals surface area contributed by atoms with Crippen molar-refractivity contribution in [1.82, 2.24) is 9.78 Å². The molecule has 0 saturated carbocycles. The first-order valence-corrected chi connectivity index (χ1v) is 6.32. The highest BCUT2D eigenvalue weighted by atomic mass is 16.4. The molecule has 21 heavy (non-hydrogen) atoms. The molecule has 0 aliphatic heterocycles. The maximum Gasteiger partial charge on any atom is 0.339 e. The summed E-state index contributed by atoms with van der Waals surface area (Å²) >= 11 is 0. The minimum absolute atomic E-state index is 0.219. The van der Waals surface area contributed by atoms with E-state index in [2.05, 4.69) is 10.4 Å². The van der Waals surface area contributed by atoms with E-state index in [4.69, 9.17) is 5.11 Å². The van der Waals surface area contributed by atoms with Crippen LogP contribution in [-0.2, 0) is 13.5 Å². The summed E-state index contributed by atoms with van der Waals surface area (Å²) in [5.74, 6) is -1.99. The lowest BCUT2D eigenvalue weighted by Gasteiger charge is -2.06. The normalized spacial score (nSPS) is 10.4. The molecule has 0 aliphatic carbocycles. The fraction of sp³-hybridized carbons (Fsp3) is 0.214. The molecule has 0 bridgehead atoms. The fourth-order valence-corrected chi connectivity index (χ4v) is 1.97. The summed E-state index contributed by atoms with van der Waals surface area (Å²) in [7, 11) is 1.73. The van der Waals surface area contributed by atoms with E-state index in [9.17, 15) is 14.7 Å². The van der Waals surface area contributed by atoms with Crippen molar-refractivity contribution < 1.29 is 19.8 Å². The van der Waals surface area contributed by atoms with Gasteiger partial charge in [0.1, 0.15) is 11.3 Å². The topological polar surface area (TPSA) is 104 Å². The van der Waals surface area contributed by atoms with Crippen molar-refractivity contribution in [3.8, 4) is 5.75 Å². The number of hydrogen-bond acceptors (Lipinski definition) is 4. The summed E-state index contributed by atoms with van der Waals surface area (Å²) in [6.07, 6.45) is 2.23. The highest BCUT2D eigenvalue weighted by Crippen LogP contribution is 2.22. The number of carbonyl (C=O) groups excluding carboxylic acids is 1. The van der Waals surface area contributed by atoms with E-state index in [0.717, 1.165) is 0 Å². The molecule has 0 fully saturated rings. The third-order valence-electron chi connectivity index (χ3n) is 2.97. The number of benzene rings is 1. The number of aryl methyl sites for hydroxylation is 2. The van der Waals surface area contributed by atoms with Gasteiger partial charge in [-0.1, -0.05) is 6.92 Å². The molecule has 110 valence electrons. The van der Waals surface area contributed by atoms with Gasteiger partial charge in [-0.15, -0.1) is 0 Å². The number of phenols is 1. The highest BCUT2D eigenvalue weighted by molar-refractivity contribution is 6.05. The zero-order valence-electron chi connectivity index (χ0n) is 11.6. The number of aromatic nitrogens is 2. The van der Waals surface area contributed by atoms with E-state index in [-0.39, 0.29) is 11.5 Å². The number of nitrogens with one attached hydrogen (secondary N) is 1. The zero-order chi connectivity index (χ0) is 15.6. The average molecular weight is 289 g/mol. The minimum atomic E-state index is -1.23. The molecule has 0 unspecified atom stereocenters. The zero-order valence-corrected chi connectivity index (χ0v) is 11.6. The number of aromatic hydroxyl groups is 1. The molecule has 7 nitrogen and oxygen atoms in total. The third-order valence-corrected chi connectivity index (χ3v) is 2.97. The Hall–Kier alpha value is -2.83. The predicted octanol–water partition coefficient (Wildman–Crippen LogP) is 1.64. The van der Waals surface area contributed by atoms with Gasteiger partial charge in [-0.2, -0.15) is 5.10 Å². The molecular weight excluding hydrogens is 274 g/mol. The van der Waals surface area contributed by atoms with Crippen LogP contribution in [-0.4, -0.2) is 31.9 Å². The second-order valence-electron chi connectivity index (χ2n) is 4.51. The van der Waals surface area contributed by atoms with Gasteiger partial charge in [0.25, 0.3) is 5.91 Å². The Balaban J connectivity index is 2.23. The second kappa shape index (κ2) is 5.66. The number of hydrogen-bond donors (Lipinski definition) is 3. The summed E-state index contributed by atoms with van der Waals surface area (Å²) < 4.78 is 1.55. The molecule has 0 aliphatic rings. The van der Waals surface area contributed by atoms with E-state index in [1.54, 1.807) is 17.9 Å². The fourth-order valence-electron chi connectivity index (χ4n) is 1.97. The number of anilines is 1. The van der Waals surface area contributed by atoms with Crippen LogP contribution in [0.2, 0.25) is 0 Å². The molecule has 3 N–H and O–H groups in total. The van der Waals surface area contributed by atoms with Gasteiger partial charge in [0.2, 0.25) is 0 Å². The Labute approximate surface area is 120 Å². The Morgan fingerprint density at radius 2 is 2.05 bits per heavy atom. The average Bonchev–Trinajstić information content (AvgIpc) is 2.79. The maximum absolute atomic E-state index is 12.2. The van der Waals surface area contributed by atoms with Crippen molar-refractivity contribution in [3.05, 3.63) is 41.2 Å². The second-order valence-corrected chi connectivity index (χ2v) is 4.51. The van der Waals surface area contributed by atoms with Crippen LogP contribution in [0.3, 0.4) is 0 Å². The molecule has 7 heteroatoms. The van der Waals surface area contributed by atoms with E-state index in [0.29, 0.717) is 23.4 Å². The smallest absolute Gasteiger partial charge is 0.339 e. The number of amides is 1. The van der Waals surface area contributed by atoms with E-state index in [1.807, 2.05) is 6.92 Å². The highest BCUT2D eigenvalue weighted by Gasteiger charge is 2.16. The number of carboxylic acid groups (broad SMARTS) is 1. The summed E-state index contributed by atoms with van der Waals surface area (Å²) in [5, 5.41) is 25.2. The first-order chi connectivity index (χ1) is 9.92. The van der Waals surface area contributed by atoms with Gasteiger partial charge in [-0.3, -0.25) is 9.48 Å². The molecular formula is C14H15N3O4. The van der Waals surface area contributed by atoms with Gasteiger partial charge in [0.05, 0.1) is 11.3 Å². The number of carbonyl (C=O) groups is 2. The van der Waals surface area contributed by atoms with Crippen molar-refractivity contribution in [2.45, 2.75) is 13.3 Å². The molecule has 0 spiro atoms. The summed E-state index contributed by atoms with van der Waals surface area (Å²) in [5.41, 5.74) is 1.21. The standard InChI is InChI=1S/C14H15N3O4/c1-3-11-10(7-17(2)16-11)13(19)15-8-4-5-9(14(20)21)12(18)6-8/h4-7,18H,3H2,1-2H3,(H,15,19)(H,20,21). The van der Waals surface area contributed by atoms with Gasteiger partial charge in [0.15, 0.2) is 0 Å². The molecule has 1 amide bonds. The van der Waals surface area contributed by atoms with Gasteiger partial charge in [-0.05, 0) is 18.6 Å². The van der Waals surface area contributed by atoms with Crippen LogP contribution in [0.5, 0.6) is 5.75 Å². The van der Waals surface area contributed by atoms with Gasteiger partial charge in [-0.25, -0.2) is 4.79 Å². The Morgan fingerprint density at radius 3 is 2.62 bits per heavy atom. The number of rotatable bonds is 4. The first-order valence-electron chi connectivity index (χ1n) is 6.32. The van der Waals surface area contributed by atoms with Crippen LogP contribution in [0.25, 0.3) is 0 Å². The van der Waals surface area contributed by atoms with Crippen molar-refractivity contribution >= 4 is 17.6 Å². The molecule has 0 saturated heterocycles. The lowest BCUT2D eigenvalue weighted by atomic mass is 10.1. The molecule has 0 radical (unpaired) electrons. The maximum atomic E-state index is 12.2. The Bertz CT molecular complexity index is 706. The summed E-state index contributed by atoms with van der Waals surface area (Å²) in [6.45, 7) is 1.90. The van der Waals surface area contributed by atoms with Gasteiger partial charge >= 0.3 is 5.97 Å². The number of aromatic carboxylic acids is 1. The molecule has 2 aromatic rings. The van der Waals surface area contributed by atoms with Crippen LogP contribution < -0.4 is 5.32 Å². The van der Waals surface area contributed by atoms with Crippen LogP contribution >= 0.6 is 0 Å². The van der Waals surface area contributed by atoms with Crippen LogP contribution in [0.15, 0.2) is 24.4 Å². The Kier molecular flexibility index (Phi) is 3.93. The SMILES string of the molecule is CCc1nn(C)cc1C(=O)Nc1ccc(C(=O)O)c(O)c1. The third kappa shape index (κ3) is 3.02. The van der Waals surface area contributed by atoms with Gasteiger partial charge in [0, 0.05) is 25.0 Å². The number of carboxylic acids is 1.